The van der Waals surface area contributed by atoms with Gasteiger partial charge in [0, 0.05) is 13.2 Å². The van der Waals surface area contributed by atoms with E-state index in [2.05, 4.69) is 5.32 Å². The Morgan fingerprint density at radius 2 is 2.12 bits per heavy atom. The summed E-state index contributed by atoms with van der Waals surface area (Å²) in [6.45, 7) is 1.55. The third-order valence-electron chi connectivity index (χ3n) is 2.63. The topological polar surface area (TPSA) is 71.0 Å². The molecule has 0 fully saturated rings. The van der Waals surface area contributed by atoms with Crippen molar-refractivity contribution in [3.8, 4) is 11.5 Å². The third kappa shape index (κ3) is 3.09. The fraction of sp³-hybridized carbons (Fsp3) is 0.500. The van der Waals surface area contributed by atoms with Gasteiger partial charge in [0.05, 0.1) is 6.10 Å². The van der Waals surface area contributed by atoms with Crippen molar-refractivity contribution < 1.29 is 19.7 Å². The first-order valence-electron chi connectivity index (χ1n) is 5.70. The van der Waals surface area contributed by atoms with Crippen molar-refractivity contribution in [2.75, 3.05) is 26.5 Å². The van der Waals surface area contributed by atoms with Gasteiger partial charge in [0.25, 0.3) is 0 Å². The van der Waals surface area contributed by atoms with Crippen molar-refractivity contribution in [2.45, 2.75) is 12.5 Å². The van der Waals surface area contributed by atoms with E-state index in [4.69, 9.17) is 14.6 Å². The summed E-state index contributed by atoms with van der Waals surface area (Å²) in [7, 11) is 0. The van der Waals surface area contributed by atoms with Gasteiger partial charge < -0.3 is 25.0 Å². The standard InChI is InChI=1S/C12H17NO4/c14-5-1-4-13-7-10(15)9-2-3-11-12(6-9)17-8-16-11/h2-3,6,10,13-15H,1,4-5,7-8H2. The number of aliphatic hydroxyl groups excluding tert-OH is 2. The van der Waals surface area contributed by atoms with Gasteiger partial charge in [-0.15, -0.1) is 0 Å². The van der Waals surface area contributed by atoms with E-state index >= 15 is 0 Å². The lowest BCUT2D eigenvalue weighted by Crippen LogP contribution is -2.23. The Balaban J connectivity index is 1.88. The van der Waals surface area contributed by atoms with Gasteiger partial charge in [0.15, 0.2) is 11.5 Å². The zero-order valence-electron chi connectivity index (χ0n) is 9.56. The van der Waals surface area contributed by atoms with E-state index < -0.39 is 6.10 Å². The summed E-state index contributed by atoms with van der Waals surface area (Å²) in [4.78, 5) is 0. The van der Waals surface area contributed by atoms with Crippen LogP contribution in [0.5, 0.6) is 11.5 Å². The monoisotopic (exact) mass is 239 g/mol. The van der Waals surface area contributed by atoms with Crippen molar-refractivity contribution in [3.05, 3.63) is 23.8 Å². The maximum atomic E-state index is 9.93. The molecule has 0 radical (unpaired) electrons. The first kappa shape index (κ1) is 12.2. The molecule has 1 aromatic carbocycles. The highest BCUT2D eigenvalue weighted by atomic mass is 16.7. The molecule has 3 N–H and O–H groups in total. The van der Waals surface area contributed by atoms with Gasteiger partial charge in [-0.25, -0.2) is 0 Å². The molecule has 5 nitrogen and oxygen atoms in total. The lowest BCUT2D eigenvalue weighted by Gasteiger charge is -2.12. The summed E-state index contributed by atoms with van der Waals surface area (Å²) < 4.78 is 10.4. The molecule has 1 heterocycles. The summed E-state index contributed by atoms with van der Waals surface area (Å²) in [5.74, 6) is 1.39. The molecular weight excluding hydrogens is 222 g/mol. The van der Waals surface area contributed by atoms with Crippen molar-refractivity contribution >= 4 is 0 Å². The molecule has 0 amide bonds. The Morgan fingerprint density at radius 3 is 2.94 bits per heavy atom. The molecule has 0 aromatic heterocycles. The average Bonchev–Trinajstić information content (AvgIpc) is 2.81. The Kier molecular flexibility index (Phi) is 4.19. The molecule has 17 heavy (non-hydrogen) atoms. The zero-order valence-corrected chi connectivity index (χ0v) is 9.56. The van der Waals surface area contributed by atoms with Crippen molar-refractivity contribution in [3.63, 3.8) is 0 Å². The molecule has 0 bridgehead atoms. The first-order chi connectivity index (χ1) is 8.31. The second kappa shape index (κ2) is 5.86. The highest BCUT2D eigenvalue weighted by molar-refractivity contribution is 5.45. The zero-order chi connectivity index (χ0) is 12.1. The molecule has 5 heteroatoms. The molecule has 1 aliphatic heterocycles. The van der Waals surface area contributed by atoms with Crippen LogP contribution in [0.15, 0.2) is 18.2 Å². The number of ether oxygens (including phenoxy) is 2. The molecule has 94 valence electrons. The number of benzene rings is 1. The van der Waals surface area contributed by atoms with Crippen molar-refractivity contribution in [1.82, 2.24) is 5.32 Å². The quantitative estimate of drug-likeness (QED) is 0.628. The van der Waals surface area contributed by atoms with Gasteiger partial charge in [0.1, 0.15) is 0 Å². The van der Waals surface area contributed by atoms with E-state index in [0.717, 1.165) is 5.56 Å². The van der Waals surface area contributed by atoms with Crippen LogP contribution in [0.4, 0.5) is 0 Å². The average molecular weight is 239 g/mol. The minimum atomic E-state index is -0.580. The van der Waals surface area contributed by atoms with Crippen LogP contribution in [0, 0.1) is 0 Å². The molecular formula is C12H17NO4. The van der Waals surface area contributed by atoms with E-state index in [-0.39, 0.29) is 13.4 Å². The normalized spacial score (nSPS) is 14.9. The molecule has 1 aromatic rings. The molecule has 1 aliphatic rings. The Bertz CT molecular complexity index is 370. The smallest absolute Gasteiger partial charge is 0.231 e. The number of rotatable bonds is 6. The summed E-state index contributed by atoms with van der Waals surface area (Å²) in [6.07, 6.45) is 0.108. The predicted octanol–water partition coefficient (Wildman–Crippen LogP) is 0.421. The lowest BCUT2D eigenvalue weighted by atomic mass is 10.1. The Hall–Kier alpha value is -1.30. The van der Waals surface area contributed by atoms with E-state index in [1.54, 1.807) is 12.1 Å². The number of fused-ring (bicyclic) bond motifs is 1. The van der Waals surface area contributed by atoms with Crippen LogP contribution in [-0.4, -0.2) is 36.7 Å². The van der Waals surface area contributed by atoms with Crippen LogP contribution in [0.1, 0.15) is 18.1 Å². The minimum absolute atomic E-state index is 0.160. The number of nitrogens with one attached hydrogen (secondary N) is 1. The van der Waals surface area contributed by atoms with Crippen LogP contribution < -0.4 is 14.8 Å². The Morgan fingerprint density at radius 1 is 1.29 bits per heavy atom. The molecule has 0 saturated heterocycles. The van der Waals surface area contributed by atoms with Crippen LogP contribution in [0.2, 0.25) is 0 Å². The van der Waals surface area contributed by atoms with E-state index in [9.17, 15) is 5.11 Å². The van der Waals surface area contributed by atoms with Gasteiger partial charge in [-0.05, 0) is 30.7 Å². The second-order valence-electron chi connectivity index (χ2n) is 3.91. The number of hydrogen-bond donors (Lipinski definition) is 3. The highest BCUT2D eigenvalue weighted by Crippen LogP contribution is 2.33. The number of hydrogen-bond acceptors (Lipinski definition) is 5. The van der Waals surface area contributed by atoms with E-state index in [0.29, 0.717) is 31.0 Å². The highest BCUT2D eigenvalue weighted by Gasteiger charge is 2.16. The minimum Gasteiger partial charge on any atom is -0.454 e. The summed E-state index contributed by atoms with van der Waals surface area (Å²) in [5.41, 5.74) is 0.797. The van der Waals surface area contributed by atoms with E-state index in [1.807, 2.05) is 6.07 Å². The summed E-state index contributed by atoms with van der Waals surface area (Å²) in [6, 6.07) is 5.42. The fourth-order valence-electron chi connectivity index (χ4n) is 1.68. The van der Waals surface area contributed by atoms with Gasteiger partial charge in [0.2, 0.25) is 6.79 Å². The van der Waals surface area contributed by atoms with Crippen molar-refractivity contribution in [2.24, 2.45) is 0 Å². The SMILES string of the molecule is OCCCNCC(O)c1ccc2c(c1)OCO2. The van der Waals surface area contributed by atoms with Crippen LogP contribution >= 0.6 is 0 Å². The van der Waals surface area contributed by atoms with Gasteiger partial charge >= 0.3 is 0 Å². The summed E-state index contributed by atoms with van der Waals surface area (Å²) >= 11 is 0. The molecule has 2 rings (SSSR count). The molecule has 0 aliphatic carbocycles. The lowest BCUT2D eigenvalue weighted by molar-refractivity contribution is 0.169. The van der Waals surface area contributed by atoms with Crippen LogP contribution in [-0.2, 0) is 0 Å². The largest absolute Gasteiger partial charge is 0.454 e. The van der Waals surface area contributed by atoms with Gasteiger partial charge in [-0.2, -0.15) is 0 Å². The molecule has 1 atom stereocenters. The second-order valence-corrected chi connectivity index (χ2v) is 3.91. The maximum Gasteiger partial charge on any atom is 0.231 e. The van der Waals surface area contributed by atoms with Crippen LogP contribution in [0.3, 0.4) is 0 Å². The van der Waals surface area contributed by atoms with E-state index in [1.165, 1.54) is 0 Å². The Labute approximate surface area is 100.0 Å². The van der Waals surface area contributed by atoms with Crippen LogP contribution in [0.25, 0.3) is 0 Å². The summed E-state index contributed by atoms with van der Waals surface area (Å²) in [5, 5.41) is 21.6. The molecule has 1 unspecified atom stereocenters. The van der Waals surface area contributed by atoms with Gasteiger partial charge in [-0.1, -0.05) is 6.07 Å². The molecule has 0 saturated carbocycles. The van der Waals surface area contributed by atoms with Crippen molar-refractivity contribution in [1.29, 1.82) is 0 Å². The predicted molar refractivity (Wildman–Crippen MR) is 62.1 cm³/mol. The molecule has 0 spiro atoms. The maximum absolute atomic E-state index is 9.93. The van der Waals surface area contributed by atoms with Gasteiger partial charge in [-0.3, -0.25) is 0 Å². The fourth-order valence-corrected chi connectivity index (χ4v) is 1.68. The number of aliphatic hydroxyl groups is 2. The first-order valence-corrected chi connectivity index (χ1v) is 5.70. The third-order valence-corrected chi connectivity index (χ3v) is 2.63.